The molecule has 0 saturated carbocycles. The Morgan fingerprint density at radius 3 is 2.80 bits per heavy atom. The minimum Gasteiger partial charge on any atom is -0.344 e. The van der Waals surface area contributed by atoms with Crippen LogP contribution in [-0.2, 0) is 12.8 Å². The Bertz CT molecular complexity index is 807. The number of anilines is 1. The largest absolute Gasteiger partial charge is 0.344 e. The maximum absolute atomic E-state index is 12.6. The van der Waals surface area contributed by atoms with E-state index in [1.807, 2.05) is 6.07 Å². The predicted octanol–water partition coefficient (Wildman–Crippen LogP) is 3.98. The van der Waals surface area contributed by atoms with Gasteiger partial charge in [-0.05, 0) is 43.7 Å². The first-order chi connectivity index (χ1) is 11.9. The summed E-state index contributed by atoms with van der Waals surface area (Å²) >= 11 is 2.82. The zero-order chi connectivity index (χ0) is 18.1. The second-order valence-corrected chi connectivity index (χ2v) is 8.80. The minimum atomic E-state index is -0.134. The molecule has 0 spiro atoms. The van der Waals surface area contributed by atoms with Gasteiger partial charge in [0.25, 0.3) is 11.8 Å². The average molecular weight is 378 g/mol. The molecule has 3 rings (SSSR count). The number of hydrogen-bond acceptors (Lipinski definition) is 5. The summed E-state index contributed by atoms with van der Waals surface area (Å²) in [7, 11) is 3.42. The molecule has 7 heteroatoms. The Labute approximate surface area is 156 Å². The first-order valence-electron chi connectivity index (χ1n) is 8.51. The monoisotopic (exact) mass is 377 g/mol. The smallest absolute Gasteiger partial charge is 0.267 e. The van der Waals surface area contributed by atoms with Gasteiger partial charge in [0.1, 0.15) is 4.88 Å². The second kappa shape index (κ2) is 7.25. The number of hydrogen-bond donors (Lipinski definition) is 1. The summed E-state index contributed by atoms with van der Waals surface area (Å²) < 4.78 is 0. The fraction of sp³-hybridized carbons (Fsp3) is 0.500. The topological polar surface area (TPSA) is 62.3 Å². The zero-order valence-electron chi connectivity index (χ0n) is 15.0. The molecule has 0 aromatic carbocycles. The van der Waals surface area contributed by atoms with Gasteiger partial charge in [-0.25, -0.2) is 4.98 Å². The van der Waals surface area contributed by atoms with Crippen LogP contribution in [0.3, 0.4) is 0 Å². The highest BCUT2D eigenvalue weighted by Gasteiger charge is 2.23. The van der Waals surface area contributed by atoms with Gasteiger partial charge >= 0.3 is 0 Å². The van der Waals surface area contributed by atoms with Gasteiger partial charge in [0, 0.05) is 19.0 Å². The summed E-state index contributed by atoms with van der Waals surface area (Å²) in [4.78, 5) is 33.2. The number of thiazole rings is 1. The highest BCUT2D eigenvalue weighted by atomic mass is 32.1. The van der Waals surface area contributed by atoms with Crippen LogP contribution in [0.1, 0.15) is 55.2 Å². The Morgan fingerprint density at radius 2 is 2.12 bits per heavy atom. The van der Waals surface area contributed by atoms with Crippen LogP contribution in [0.5, 0.6) is 0 Å². The summed E-state index contributed by atoms with van der Waals surface area (Å²) in [6.07, 6.45) is 4.56. The van der Waals surface area contributed by atoms with Crippen LogP contribution in [0, 0.1) is 12.8 Å². The van der Waals surface area contributed by atoms with Gasteiger partial charge in [0.2, 0.25) is 0 Å². The second-order valence-electron chi connectivity index (χ2n) is 6.66. The Morgan fingerprint density at radius 1 is 1.36 bits per heavy atom. The van der Waals surface area contributed by atoms with E-state index in [4.69, 9.17) is 0 Å². The Kier molecular flexibility index (Phi) is 5.24. The van der Waals surface area contributed by atoms with Crippen LogP contribution in [0.2, 0.25) is 0 Å². The third-order valence-electron chi connectivity index (χ3n) is 4.60. The van der Waals surface area contributed by atoms with E-state index < -0.39 is 0 Å². The normalized spacial score (nSPS) is 16.4. The number of carbonyl (C=O) groups excluding carboxylic acids is 2. The molecular weight excluding hydrogens is 354 g/mol. The van der Waals surface area contributed by atoms with Crippen molar-refractivity contribution in [2.45, 2.75) is 39.5 Å². The van der Waals surface area contributed by atoms with Crippen molar-refractivity contribution in [3.63, 3.8) is 0 Å². The molecule has 0 unspecified atom stereocenters. The van der Waals surface area contributed by atoms with Crippen molar-refractivity contribution < 1.29 is 9.59 Å². The SMILES string of the molecule is CC[C@@H]1CCc2sc(C(=O)Nc3nc(C)c(C(=O)N(C)C)s3)cc2C1. The fourth-order valence-electron chi connectivity index (χ4n) is 3.07. The van der Waals surface area contributed by atoms with Gasteiger partial charge in [-0.3, -0.25) is 14.9 Å². The molecule has 1 N–H and O–H groups in total. The van der Waals surface area contributed by atoms with Crippen LogP contribution >= 0.6 is 22.7 Å². The molecule has 1 atom stereocenters. The molecule has 0 fully saturated rings. The molecule has 0 saturated heterocycles. The number of nitrogens with zero attached hydrogens (tertiary/aromatic N) is 2. The van der Waals surface area contributed by atoms with E-state index in [0.29, 0.717) is 15.7 Å². The van der Waals surface area contributed by atoms with E-state index in [2.05, 4.69) is 17.2 Å². The number of aromatic nitrogens is 1. The molecule has 134 valence electrons. The van der Waals surface area contributed by atoms with Crippen molar-refractivity contribution in [2.75, 3.05) is 19.4 Å². The Balaban J connectivity index is 1.74. The number of amides is 2. The molecule has 0 bridgehead atoms. The number of thiophene rings is 1. The maximum atomic E-state index is 12.6. The van der Waals surface area contributed by atoms with E-state index in [0.717, 1.165) is 23.6 Å². The van der Waals surface area contributed by atoms with Crippen LogP contribution in [0.15, 0.2) is 6.07 Å². The summed E-state index contributed by atoms with van der Waals surface area (Å²) in [6.45, 7) is 4.02. The molecule has 1 aliphatic rings. The first-order valence-corrected chi connectivity index (χ1v) is 10.1. The molecule has 5 nitrogen and oxygen atoms in total. The number of fused-ring (bicyclic) bond motifs is 1. The van der Waals surface area contributed by atoms with Crippen molar-refractivity contribution in [1.29, 1.82) is 0 Å². The van der Waals surface area contributed by atoms with Crippen LogP contribution < -0.4 is 5.32 Å². The van der Waals surface area contributed by atoms with Gasteiger partial charge < -0.3 is 4.90 Å². The summed E-state index contributed by atoms with van der Waals surface area (Å²) in [6, 6.07) is 2.03. The lowest BCUT2D eigenvalue weighted by atomic mass is 9.87. The highest BCUT2D eigenvalue weighted by Crippen LogP contribution is 2.34. The van der Waals surface area contributed by atoms with E-state index in [1.54, 1.807) is 32.4 Å². The lowest BCUT2D eigenvalue weighted by molar-refractivity contribution is 0.0831. The molecule has 0 aliphatic heterocycles. The van der Waals surface area contributed by atoms with Crippen molar-refractivity contribution in [3.8, 4) is 0 Å². The standard InChI is InChI=1S/C18H23N3O2S2/c1-5-11-6-7-13-12(8-11)9-14(24-13)16(22)20-18-19-10(2)15(25-18)17(23)21(3)4/h9,11H,5-8H2,1-4H3,(H,19,20,22)/t11-/m1/s1. The van der Waals surface area contributed by atoms with Crippen LogP contribution in [0.25, 0.3) is 0 Å². The molecule has 2 aromatic rings. The van der Waals surface area contributed by atoms with Crippen molar-refractivity contribution in [2.24, 2.45) is 5.92 Å². The Hall–Kier alpha value is -1.73. The summed E-state index contributed by atoms with van der Waals surface area (Å²) in [5.41, 5.74) is 1.97. The molecule has 2 heterocycles. The molecule has 2 amide bonds. The van der Waals surface area contributed by atoms with Crippen molar-refractivity contribution in [3.05, 3.63) is 32.0 Å². The zero-order valence-corrected chi connectivity index (χ0v) is 16.6. The molecule has 2 aromatic heterocycles. The van der Waals surface area contributed by atoms with Crippen molar-refractivity contribution in [1.82, 2.24) is 9.88 Å². The van der Waals surface area contributed by atoms with Crippen molar-refractivity contribution >= 4 is 39.6 Å². The first kappa shape index (κ1) is 18.1. The third-order valence-corrected chi connectivity index (χ3v) is 6.90. The molecule has 0 radical (unpaired) electrons. The molecule has 1 aliphatic carbocycles. The van der Waals surface area contributed by atoms with Crippen LogP contribution in [0.4, 0.5) is 5.13 Å². The van der Waals surface area contributed by atoms with Gasteiger partial charge in [-0.2, -0.15) is 0 Å². The predicted molar refractivity (Wildman–Crippen MR) is 103 cm³/mol. The summed E-state index contributed by atoms with van der Waals surface area (Å²) in [5.74, 6) is 0.511. The number of aryl methyl sites for hydroxylation is 2. The number of carbonyl (C=O) groups is 2. The summed E-state index contributed by atoms with van der Waals surface area (Å²) in [5, 5.41) is 3.33. The van der Waals surface area contributed by atoms with Gasteiger partial charge in [0.05, 0.1) is 10.6 Å². The third kappa shape index (κ3) is 3.77. The molecular formula is C18H23N3O2S2. The van der Waals surface area contributed by atoms with E-state index in [-0.39, 0.29) is 11.8 Å². The number of nitrogens with one attached hydrogen (secondary N) is 1. The van der Waals surface area contributed by atoms with E-state index in [9.17, 15) is 9.59 Å². The highest BCUT2D eigenvalue weighted by molar-refractivity contribution is 7.18. The number of rotatable bonds is 4. The average Bonchev–Trinajstić information content (AvgIpc) is 3.16. The van der Waals surface area contributed by atoms with Gasteiger partial charge in [-0.1, -0.05) is 24.7 Å². The fourth-order valence-corrected chi connectivity index (χ4v) is 5.16. The van der Waals surface area contributed by atoms with E-state index in [1.165, 1.54) is 39.5 Å². The van der Waals surface area contributed by atoms with Gasteiger partial charge in [-0.15, -0.1) is 11.3 Å². The van der Waals surface area contributed by atoms with E-state index >= 15 is 0 Å². The lowest BCUT2D eigenvalue weighted by Crippen LogP contribution is -2.21. The minimum absolute atomic E-state index is 0.0901. The van der Waals surface area contributed by atoms with Gasteiger partial charge in [0.15, 0.2) is 5.13 Å². The lowest BCUT2D eigenvalue weighted by Gasteiger charge is -2.19. The molecule has 25 heavy (non-hydrogen) atoms. The van der Waals surface area contributed by atoms with Crippen LogP contribution in [-0.4, -0.2) is 35.8 Å². The maximum Gasteiger partial charge on any atom is 0.267 e. The quantitative estimate of drug-likeness (QED) is 0.876.